The van der Waals surface area contributed by atoms with Crippen molar-refractivity contribution in [3.63, 3.8) is 0 Å². The van der Waals surface area contributed by atoms with Gasteiger partial charge in [0.05, 0.1) is 15.9 Å². The molecule has 30 heavy (non-hydrogen) atoms. The zero-order valence-corrected chi connectivity index (χ0v) is 17.4. The van der Waals surface area contributed by atoms with E-state index in [0.29, 0.717) is 17.8 Å². The number of benzene rings is 2. The van der Waals surface area contributed by atoms with Gasteiger partial charge in [-0.25, -0.2) is 4.98 Å². The fraction of sp³-hybridized carbons (Fsp3) is 0.174. The molecule has 0 radical (unpaired) electrons. The van der Waals surface area contributed by atoms with Gasteiger partial charge < -0.3 is 14.8 Å². The lowest BCUT2D eigenvalue weighted by atomic mass is 10.3. The predicted molar refractivity (Wildman–Crippen MR) is 120 cm³/mol. The van der Waals surface area contributed by atoms with Gasteiger partial charge in [-0.3, -0.25) is 9.59 Å². The molecule has 152 valence electrons. The van der Waals surface area contributed by atoms with Crippen LogP contribution < -0.4 is 10.2 Å². The molecule has 1 N–H and O–H groups in total. The Hall–Kier alpha value is -3.45. The van der Waals surface area contributed by atoms with E-state index in [1.807, 2.05) is 70.6 Å². The molecule has 6 nitrogen and oxygen atoms in total. The third-order valence-corrected chi connectivity index (χ3v) is 5.79. The van der Waals surface area contributed by atoms with Crippen LogP contribution >= 0.6 is 11.3 Å². The number of imidazole rings is 1. The van der Waals surface area contributed by atoms with Gasteiger partial charge in [0, 0.05) is 25.7 Å². The molecule has 0 bridgehead atoms. The molecular weight excluding hydrogens is 396 g/mol. The molecule has 2 aromatic carbocycles. The van der Waals surface area contributed by atoms with Crippen LogP contribution in [0.3, 0.4) is 0 Å². The van der Waals surface area contributed by atoms with E-state index in [2.05, 4.69) is 5.32 Å². The van der Waals surface area contributed by atoms with Gasteiger partial charge in [-0.15, -0.1) is 11.3 Å². The summed E-state index contributed by atoms with van der Waals surface area (Å²) in [6.07, 6.45) is 0.536. The van der Waals surface area contributed by atoms with E-state index in [1.54, 1.807) is 18.0 Å². The summed E-state index contributed by atoms with van der Waals surface area (Å²) in [6.45, 7) is 0.628. The van der Waals surface area contributed by atoms with E-state index in [0.717, 1.165) is 22.5 Å². The van der Waals surface area contributed by atoms with Crippen LogP contribution in [0, 0.1) is 0 Å². The fourth-order valence-corrected chi connectivity index (χ4v) is 3.95. The third kappa shape index (κ3) is 4.26. The van der Waals surface area contributed by atoms with Crippen LogP contribution in [0.2, 0.25) is 0 Å². The van der Waals surface area contributed by atoms with Crippen LogP contribution in [0.15, 0.2) is 72.1 Å². The summed E-state index contributed by atoms with van der Waals surface area (Å²) in [5.41, 5.74) is 2.59. The Kier molecular flexibility index (Phi) is 5.90. The summed E-state index contributed by atoms with van der Waals surface area (Å²) in [5.74, 6) is 0.651. The fourth-order valence-electron chi connectivity index (χ4n) is 3.31. The van der Waals surface area contributed by atoms with E-state index in [1.165, 1.54) is 11.3 Å². The smallest absolute Gasteiger partial charge is 0.261 e. The zero-order chi connectivity index (χ0) is 20.9. The molecular formula is C23H22N4O2S. The molecule has 0 atom stereocenters. The van der Waals surface area contributed by atoms with Gasteiger partial charge in [0.15, 0.2) is 0 Å². The van der Waals surface area contributed by atoms with Crippen LogP contribution in [-0.2, 0) is 17.8 Å². The molecule has 2 heterocycles. The maximum Gasteiger partial charge on any atom is 0.261 e. The number of hydrogen-bond acceptors (Lipinski definition) is 4. The number of aromatic nitrogens is 2. The monoisotopic (exact) mass is 418 g/mol. The summed E-state index contributed by atoms with van der Waals surface area (Å²) < 4.78 is 1.94. The quantitative estimate of drug-likeness (QED) is 0.497. The minimum atomic E-state index is -0.0902. The van der Waals surface area contributed by atoms with Crippen molar-refractivity contribution in [2.24, 2.45) is 0 Å². The van der Waals surface area contributed by atoms with Crippen molar-refractivity contribution in [1.29, 1.82) is 0 Å². The van der Waals surface area contributed by atoms with Crippen molar-refractivity contribution in [2.45, 2.75) is 13.0 Å². The molecule has 2 aromatic heterocycles. The SMILES string of the molecule is CN(C(=O)Cn1c(CCNC(=O)c2cccs2)nc2ccccc21)c1ccccc1. The van der Waals surface area contributed by atoms with Crippen molar-refractivity contribution < 1.29 is 9.59 Å². The summed E-state index contributed by atoms with van der Waals surface area (Å²) in [4.78, 5) is 32.2. The Labute approximate surface area is 178 Å². The standard InChI is InChI=1S/C23H22N4O2S/c1-26(17-8-3-2-4-9-17)22(28)16-27-19-11-6-5-10-18(19)25-21(27)13-14-24-23(29)20-12-7-15-30-20/h2-12,15H,13-14,16H2,1H3,(H,24,29). The van der Waals surface area contributed by atoms with Crippen molar-refractivity contribution >= 4 is 39.9 Å². The number of rotatable bonds is 7. The minimum Gasteiger partial charge on any atom is -0.351 e. The molecule has 4 aromatic rings. The molecule has 0 saturated carbocycles. The summed E-state index contributed by atoms with van der Waals surface area (Å²) in [7, 11) is 1.78. The number of thiophene rings is 1. The van der Waals surface area contributed by atoms with E-state index in [-0.39, 0.29) is 18.4 Å². The topological polar surface area (TPSA) is 67.2 Å². The first-order valence-electron chi connectivity index (χ1n) is 9.71. The van der Waals surface area contributed by atoms with E-state index in [9.17, 15) is 9.59 Å². The lowest BCUT2D eigenvalue weighted by Gasteiger charge is -2.18. The second-order valence-electron chi connectivity index (χ2n) is 6.87. The second kappa shape index (κ2) is 8.92. The zero-order valence-electron chi connectivity index (χ0n) is 16.6. The van der Waals surface area contributed by atoms with Crippen molar-refractivity contribution in [1.82, 2.24) is 14.9 Å². The lowest BCUT2D eigenvalue weighted by molar-refractivity contribution is -0.118. The number of nitrogens with zero attached hydrogens (tertiary/aromatic N) is 3. The van der Waals surface area contributed by atoms with Crippen LogP contribution in [-0.4, -0.2) is 35.0 Å². The average molecular weight is 419 g/mol. The molecule has 0 unspecified atom stereocenters. The molecule has 0 fully saturated rings. The highest BCUT2D eigenvalue weighted by Crippen LogP contribution is 2.18. The van der Waals surface area contributed by atoms with Gasteiger partial charge >= 0.3 is 0 Å². The molecule has 4 rings (SSSR count). The summed E-state index contributed by atoms with van der Waals surface area (Å²) >= 11 is 1.41. The highest BCUT2D eigenvalue weighted by atomic mass is 32.1. The first kappa shape index (κ1) is 19.8. The van der Waals surface area contributed by atoms with Gasteiger partial charge in [-0.1, -0.05) is 36.4 Å². The predicted octanol–water partition coefficient (Wildman–Crippen LogP) is 3.73. The number of carbonyl (C=O) groups is 2. The number of carbonyl (C=O) groups excluding carboxylic acids is 2. The number of para-hydroxylation sites is 3. The Balaban J connectivity index is 1.51. The number of likely N-dealkylation sites (N-methyl/N-ethyl adjacent to an activating group) is 1. The maximum atomic E-state index is 13.0. The largest absolute Gasteiger partial charge is 0.351 e. The van der Waals surface area contributed by atoms with Crippen LogP contribution in [0.25, 0.3) is 11.0 Å². The van der Waals surface area contributed by atoms with Crippen molar-refractivity contribution in [3.8, 4) is 0 Å². The Morgan fingerprint density at radius 3 is 2.57 bits per heavy atom. The highest BCUT2D eigenvalue weighted by molar-refractivity contribution is 7.12. The van der Waals surface area contributed by atoms with Gasteiger partial charge in [0.1, 0.15) is 12.4 Å². The molecule has 0 spiro atoms. The number of anilines is 1. The molecule has 2 amide bonds. The third-order valence-electron chi connectivity index (χ3n) is 4.92. The van der Waals surface area contributed by atoms with E-state index < -0.39 is 0 Å². The first-order chi connectivity index (χ1) is 14.6. The van der Waals surface area contributed by atoms with Gasteiger partial charge in [-0.05, 0) is 35.7 Å². The number of nitrogens with one attached hydrogen (secondary N) is 1. The summed E-state index contributed by atoms with van der Waals surface area (Å²) in [6, 6.07) is 21.0. The maximum absolute atomic E-state index is 13.0. The molecule has 0 aliphatic carbocycles. The summed E-state index contributed by atoms with van der Waals surface area (Å²) in [5, 5.41) is 4.81. The second-order valence-corrected chi connectivity index (χ2v) is 7.82. The molecule has 0 saturated heterocycles. The van der Waals surface area contributed by atoms with Gasteiger partial charge in [0.2, 0.25) is 5.91 Å². The van der Waals surface area contributed by atoms with Crippen LogP contribution in [0.4, 0.5) is 5.69 Å². The van der Waals surface area contributed by atoms with Crippen LogP contribution in [0.1, 0.15) is 15.5 Å². The molecule has 0 aliphatic rings. The highest BCUT2D eigenvalue weighted by Gasteiger charge is 2.17. The normalized spacial score (nSPS) is 10.8. The lowest BCUT2D eigenvalue weighted by Crippen LogP contribution is -2.31. The number of amides is 2. The Morgan fingerprint density at radius 2 is 1.80 bits per heavy atom. The van der Waals surface area contributed by atoms with Crippen molar-refractivity contribution in [2.75, 3.05) is 18.5 Å². The Morgan fingerprint density at radius 1 is 1.03 bits per heavy atom. The van der Waals surface area contributed by atoms with Crippen molar-refractivity contribution in [3.05, 3.63) is 82.8 Å². The van der Waals surface area contributed by atoms with Gasteiger partial charge in [-0.2, -0.15) is 0 Å². The molecule has 7 heteroatoms. The van der Waals surface area contributed by atoms with Gasteiger partial charge in [0.25, 0.3) is 5.91 Å². The van der Waals surface area contributed by atoms with Crippen LogP contribution in [0.5, 0.6) is 0 Å². The number of fused-ring (bicyclic) bond motifs is 1. The number of hydrogen-bond donors (Lipinski definition) is 1. The first-order valence-corrected chi connectivity index (χ1v) is 10.6. The Bertz CT molecular complexity index is 1150. The van der Waals surface area contributed by atoms with E-state index >= 15 is 0 Å². The molecule has 0 aliphatic heterocycles. The average Bonchev–Trinajstić information content (AvgIpc) is 3.43. The van der Waals surface area contributed by atoms with E-state index in [4.69, 9.17) is 4.98 Å². The minimum absolute atomic E-state index is 0.0341.